The molecule has 2 heterocycles. The number of aliphatic hydroxyl groups is 1. The third-order valence-corrected chi connectivity index (χ3v) is 6.44. The summed E-state index contributed by atoms with van der Waals surface area (Å²) in [5.74, 6) is 0.842. The fraction of sp³-hybridized carbons (Fsp3) is 0.308. The Morgan fingerprint density at radius 3 is 2.37 bits per heavy atom. The summed E-state index contributed by atoms with van der Waals surface area (Å²) in [6.07, 6.45) is 2.59. The van der Waals surface area contributed by atoms with Crippen molar-refractivity contribution in [2.45, 2.75) is 18.4 Å². The lowest BCUT2D eigenvalue weighted by atomic mass is 9.76. The van der Waals surface area contributed by atoms with Crippen LogP contribution in [-0.2, 0) is 5.60 Å². The predicted molar refractivity (Wildman–Crippen MR) is 121 cm³/mol. The van der Waals surface area contributed by atoms with Gasteiger partial charge in [0.05, 0.1) is 5.69 Å². The molecule has 1 fully saturated rings. The summed E-state index contributed by atoms with van der Waals surface area (Å²) in [5.41, 5.74) is 3.42. The molecule has 2 aliphatic rings. The molecule has 0 amide bonds. The molecular formula is C26H28N2O2. The van der Waals surface area contributed by atoms with E-state index in [1.54, 1.807) is 0 Å². The highest BCUT2D eigenvalue weighted by atomic mass is 16.5. The molecule has 4 nitrogen and oxygen atoms in total. The standard InChI is InChI=1S/C26H28N2O2/c1-27-24-12-6-5-11-22(24)26(29,20-9-3-2-4-10-20)23-14-13-21(19-25(23)27)30-18-17-28-15-7-8-16-28/h2-6,9-14,19,29H,7-8,15-18H2,1H3. The summed E-state index contributed by atoms with van der Waals surface area (Å²) in [6.45, 7) is 4.00. The van der Waals surface area contributed by atoms with Gasteiger partial charge in [0, 0.05) is 36.5 Å². The van der Waals surface area contributed by atoms with Crippen molar-refractivity contribution in [3.63, 3.8) is 0 Å². The maximum absolute atomic E-state index is 12.1. The molecular weight excluding hydrogens is 372 g/mol. The fourth-order valence-corrected chi connectivity index (χ4v) is 4.82. The third kappa shape index (κ3) is 3.17. The molecule has 2 aliphatic heterocycles. The van der Waals surface area contributed by atoms with Gasteiger partial charge in [-0.05, 0) is 49.7 Å². The average molecular weight is 401 g/mol. The Hall–Kier alpha value is -2.82. The van der Waals surface area contributed by atoms with Crippen molar-refractivity contribution in [3.05, 3.63) is 89.5 Å². The van der Waals surface area contributed by atoms with E-state index in [4.69, 9.17) is 4.74 Å². The van der Waals surface area contributed by atoms with Crippen LogP contribution in [0.4, 0.5) is 11.4 Å². The summed E-state index contributed by atoms with van der Waals surface area (Å²) in [6, 6.07) is 24.1. The Morgan fingerprint density at radius 2 is 1.57 bits per heavy atom. The minimum atomic E-state index is -1.20. The molecule has 30 heavy (non-hydrogen) atoms. The van der Waals surface area contributed by atoms with Gasteiger partial charge in [0.1, 0.15) is 18.0 Å². The smallest absolute Gasteiger partial charge is 0.144 e. The van der Waals surface area contributed by atoms with Gasteiger partial charge in [-0.15, -0.1) is 0 Å². The number of rotatable bonds is 5. The van der Waals surface area contributed by atoms with Crippen LogP contribution in [0, 0.1) is 0 Å². The number of ether oxygens (including phenoxy) is 1. The van der Waals surface area contributed by atoms with E-state index in [1.807, 2.05) is 60.7 Å². The SMILES string of the molecule is CN1c2ccccc2C(O)(c2ccccc2)c2ccc(OCCN3CCCC3)cc21. The fourth-order valence-electron chi connectivity index (χ4n) is 4.82. The molecule has 1 saturated heterocycles. The second kappa shape index (κ2) is 7.78. The zero-order valence-corrected chi connectivity index (χ0v) is 17.4. The minimum Gasteiger partial charge on any atom is -0.492 e. The molecule has 1 atom stereocenters. The van der Waals surface area contributed by atoms with Crippen LogP contribution in [0.3, 0.4) is 0 Å². The van der Waals surface area contributed by atoms with Crippen LogP contribution in [0.1, 0.15) is 29.5 Å². The summed E-state index contributed by atoms with van der Waals surface area (Å²) in [4.78, 5) is 4.60. The number of anilines is 2. The monoisotopic (exact) mass is 400 g/mol. The predicted octanol–water partition coefficient (Wildman–Crippen LogP) is 4.53. The lowest BCUT2D eigenvalue weighted by Crippen LogP contribution is -2.36. The number of fused-ring (bicyclic) bond motifs is 2. The number of benzene rings is 3. The van der Waals surface area contributed by atoms with Gasteiger partial charge in [0.15, 0.2) is 0 Å². The number of hydrogen-bond donors (Lipinski definition) is 1. The lowest BCUT2D eigenvalue weighted by molar-refractivity contribution is 0.125. The van der Waals surface area contributed by atoms with Crippen molar-refractivity contribution in [1.29, 1.82) is 0 Å². The van der Waals surface area contributed by atoms with E-state index in [0.29, 0.717) is 6.61 Å². The molecule has 0 radical (unpaired) electrons. The number of nitrogens with zero attached hydrogens (tertiary/aromatic N) is 2. The first-order chi connectivity index (χ1) is 14.7. The first-order valence-corrected chi connectivity index (χ1v) is 10.8. The maximum Gasteiger partial charge on any atom is 0.144 e. The Labute approximate surface area is 178 Å². The van der Waals surface area contributed by atoms with E-state index in [-0.39, 0.29) is 0 Å². The second-order valence-corrected chi connectivity index (χ2v) is 8.23. The van der Waals surface area contributed by atoms with E-state index < -0.39 is 5.60 Å². The highest BCUT2D eigenvalue weighted by Gasteiger charge is 2.42. The molecule has 1 N–H and O–H groups in total. The molecule has 0 aliphatic carbocycles. The molecule has 154 valence electrons. The Kier molecular flexibility index (Phi) is 4.97. The maximum atomic E-state index is 12.1. The van der Waals surface area contributed by atoms with Crippen molar-refractivity contribution in [3.8, 4) is 5.75 Å². The van der Waals surface area contributed by atoms with Crippen LogP contribution in [-0.4, -0.2) is 43.3 Å². The number of hydrogen-bond acceptors (Lipinski definition) is 4. The Bertz CT molecular complexity index is 1030. The van der Waals surface area contributed by atoms with Crippen molar-refractivity contribution in [2.75, 3.05) is 38.2 Å². The van der Waals surface area contributed by atoms with Gasteiger partial charge in [0.2, 0.25) is 0 Å². The van der Waals surface area contributed by atoms with E-state index in [9.17, 15) is 5.11 Å². The quantitative estimate of drug-likeness (QED) is 0.683. The van der Waals surface area contributed by atoms with Crippen LogP contribution in [0.5, 0.6) is 5.75 Å². The van der Waals surface area contributed by atoms with Crippen LogP contribution >= 0.6 is 0 Å². The van der Waals surface area contributed by atoms with Crippen LogP contribution < -0.4 is 9.64 Å². The van der Waals surface area contributed by atoms with Crippen LogP contribution in [0.25, 0.3) is 0 Å². The normalized spacial score (nSPS) is 20.7. The van der Waals surface area contributed by atoms with E-state index in [2.05, 4.69) is 29.0 Å². The lowest BCUT2D eigenvalue weighted by Gasteiger charge is -2.41. The van der Waals surface area contributed by atoms with Gasteiger partial charge in [-0.2, -0.15) is 0 Å². The van der Waals surface area contributed by atoms with Crippen LogP contribution in [0.2, 0.25) is 0 Å². The van der Waals surface area contributed by atoms with E-state index in [0.717, 1.165) is 40.4 Å². The summed E-state index contributed by atoms with van der Waals surface area (Å²) >= 11 is 0. The topological polar surface area (TPSA) is 35.9 Å². The van der Waals surface area contributed by atoms with Gasteiger partial charge >= 0.3 is 0 Å². The number of likely N-dealkylation sites (tertiary alicyclic amines) is 1. The molecule has 0 saturated carbocycles. The molecule has 3 aromatic carbocycles. The summed E-state index contributed by atoms with van der Waals surface area (Å²) in [7, 11) is 2.05. The average Bonchev–Trinajstić information content (AvgIpc) is 3.32. The van der Waals surface area contributed by atoms with Crippen LogP contribution in [0.15, 0.2) is 72.8 Å². The molecule has 3 aromatic rings. The highest BCUT2D eigenvalue weighted by molar-refractivity contribution is 5.79. The molecule has 0 bridgehead atoms. The zero-order valence-electron chi connectivity index (χ0n) is 17.4. The second-order valence-electron chi connectivity index (χ2n) is 8.23. The van der Waals surface area contributed by atoms with Gasteiger partial charge in [-0.1, -0.05) is 48.5 Å². The minimum absolute atomic E-state index is 0.683. The zero-order chi connectivity index (χ0) is 20.6. The first kappa shape index (κ1) is 19.2. The Balaban J connectivity index is 1.52. The first-order valence-electron chi connectivity index (χ1n) is 10.8. The largest absolute Gasteiger partial charge is 0.492 e. The van der Waals surface area contributed by atoms with Gasteiger partial charge in [-0.25, -0.2) is 0 Å². The Morgan fingerprint density at radius 1 is 0.867 bits per heavy atom. The van der Waals surface area contributed by atoms with Crippen molar-refractivity contribution in [2.24, 2.45) is 0 Å². The summed E-state index contributed by atoms with van der Waals surface area (Å²) < 4.78 is 6.09. The van der Waals surface area contributed by atoms with E-state index in [1.165, 1.54) is 25.9 Å². The van der Waals surface area contributed by atoms with Gasteiger partial charge in [0.25, 0.3) is 0 Å². The molecule has 1 unspecified atom stereocenters. The molecule has 5 rings (SSSR count). The highest BCUT2D eigenvalue weighted by Crippen LogP contribution is 2.51. The third-order valence-electron chi connectivity index (χ3n) is 6.44. The molecule has 0 aromatic heterocycles. The van der Waals surface area contributed by atoms with Crippen molar-refractivity contribution < 1.29 is 9.84 Å². The van der Waals surface area contributed by atoms with Crippen molar-refractivity contribution >= 4 is 11.4 Å². The summed E-state index contributed by atoms with van der Waals surface area (Å²) in [5, 5.41) is 12.1. The van der Waals surface area contributed by atoms with Gasteiger partial charge in [-0.3, -0.25) is 4.90 Å². The van der Waals surface area contributed by atoms with Gasteiger partial charge < -0.3 is 14.7 Å². The van der Waals surface area contributed by atoms with E-state index >= 15 is 0 Å². The molecule has 0 spiro atoms. The number of para-hydroxylation sites is 1. The van der Waals surface area contributed by atoms with Crippen molar-refractivity contribution in [1.82, 2.24) is 4.90 Å². The molecule has 4 heteroatoms.